The highest BCUT2D eigenvalue weighted by Crippen LogP contribution is 2.40. The molecule has 4 aromatic rings. The van der Waals surface area contributed by atoms with Gasteiger partial charge >= 0.3 is 0 Å². The molecule has 38 heavy (non-hydrogen) atoms. The highest BCUT2D eigenvalue weighted by molar-refractivity contribution is 7.80. The van der Waals surface area contributed by atoms with Crippen LogP contribution in [0.2, 0.25) is 5.02 Å². The Labute approximate surface area is 233 Å². The second-order valence-corrected chi connectivity index (χ2v) is 10.4. The highest BCUT2D eigenvalue weighted by Gasteiger charge is 2.41. The Morgan fingerprint density at radius 2 is 1.89 bits per heavy atom. The fraction of sp³-hybridized carbons (Fsp3) is 0.233. The number of pyridine rings is 1. The number of aryl methyl sites for hydroxylation is 3. The van der Waals surface area contributed by atoms with Crippen LogP contribution in [0.5, 0.6) is 0 Å². The zero-order chi connectivity index (χ0) is 26.8. The monoisotopic (exact) mass is 544 g/mol. The van der Waals surface area contributed by atoms with E-state index in [2.05, 4.69) is 15.6 Å². The SMILES string of the molecule is Cc1ccc(C)c(NC(=O)CCN2C(=S)N[C@H](c3ccccn3)[C@H]2c2ccc(-c3ccc(C)c(Cl)c3)o2)c1. The maximum Gasteiger partial charge on any atom is 0.226 e. The number of carbonyl (C=O) groups is 1. The topological polar surface area (TPSA) is 70.4 Å². The Kier molecular flexibility index (Phi) is 7.49. The van der Waals surface area contributed by atoms with Gasteiger partial charge in [0.25, 0.3) is 0 Å². The number of amides is 1. The average Bonchev–Trinajstić information content (AvgIpc) is 3.51. The molecule has 194 valence electrons. The summed E-state index contributed by atoms with van der Waals surface area (Å²) < 4.78 is 6.38. The van der Waals surface area contributed by atoms with Crippen LogP contribution in [0.25, 0.3) is 11.3 Å². The van der Waals surface area contributed by atoms with E-state index in [1.54, 1.807) is 6.20 Å². The molecule has 0 aliphatic carbocycles. The number of thiocarbonyl (C=S) groups is 1. The number of hydrogen-bond donors (Lipinski definition) is 2. The second-order valence-electron chi connectivity index (χ2n) is 9.60. The van der Waals surface area contributed by atoms with Crippen molar-refractivity contribution in [3.63, 3.8) is 0 Å². The lowest BCUT2D eigenvalue weighted by Gasteiger charge is -2.26. The normalized spacial score (nSPS) is 16.9. The van der Waals surface area contributed by atoms with Crippen LogP contribution in [0.3, 0.4) is 0 Å². The van der Waals surface area contributed by atoms with Gasteiger partial charge in [0.1, 0.15) is 17.6 Å². The summed E-state index contributed by atoms with van der Waals surface area (Å²) in [6.07, 6.45) is 2.03. The van der Waals surface area contributed by atoms with E-state index in [-0.39, 0.29) is 24.4 Å². The van der Waals surface area contributed by atoms with E-state index in [1.165, 1.54) is 0 Å². The van der Waals surface area contributed by atoms with Gasteiger partial charge in [0.05, 0.1) is 11.7 Å². The minimum atomic E-state index is -0.277. The molecule has 5 rings (SSSR count). The molecule has 1 aliphatic rings. The van der Waals surface area contributed by atoms with Crippen molar-refractivity contribution in [2.45, 2.75) is 39.3 Å². The summed E-state index contributed by atoms with van der Waals surface area (Å²) in [7, 11) is 0. The zero-order valence-corrected chi connectivity index (χ0v) is 23.1. The number of hydrogen-bond acceptors (Lipinski definition) is 4. The van der Waals surface area contributed by atoms with Crippen molar-refractivity contribution in [1.82, 2.24) is 15.2 Å². The van der Waals surface area contributed by atoms with E-state index in [4.69, 9.17) is 28.2 Å². The van der Waals surface area contributed by atoms with Crippen LogP contribution in [0.15, 0.2) is 77.3 Å². The predicted octanol–water partition coefficient (Wildman–Crippen LogP) is 6.92. The lowest BCUT2D eigenvalue weighted by Crippen LogP contribution is -2.32. The summed E-state index contributed by atoms with van der Waals surface area (Å²) in [5.74, 6) is 1.37. The summed E-state index contributed by atoms with van der Waals surface area (Å²) in [5, 5.41) is 7.70. The molecule has 1 saturated heterocycles. The fourth-order valence-corrected chi connectivity index (χ4v) is 5.19. The van der Waals surface area contributed by atoms with E-state index in [1.807, 2.05) is 92.4 Å². The smallest absolute Gasteiger partial charge is 0.226 e. The van der Waals surface area contributed by atoms with Gasteiger partial charge in [-0.25, -0.2) is 0 Å². The van der Waals surface area contributed by atoms with Crippen molar-refractivity contribution in [2.24, 2.45) is 0 Å². The molecule has 6 nitrogen and oxygen atoms in total. The Hall–Kier alpha value is -3.68. The lowest BCUT2D eigenvalue weighted by atomic mass is 10.0. The van der Waals surface area contributed by atoms with Crippen LogP contribution in [0.4, 0.5) is 5.69 Å². The number of rotatable bonds is 7. The Morgan fingerprint density at radius 3 is 2.66 bits per heavy atom. The number of halogens is 1. The minimum absolute atomic E-state index is 0.0732. The molecular weight excluding hydrogens is 516 g/mol. The van der Waals surface area contributed by atoms with Crippen LogP contribution >= 0.6 is 23.8 Å². The first-order chi connectivity index (χ1) is 18.3. The van der Waals surface area contributed by atoms with Crippen molar-refractivity contribution in [3.05, 3.63) is 106 Å². The molecule has 8 heteroatoms. The van der Waals surface area contributed by atoms with E-state index in [9.17, 15) is 4.79 Å². The number of nitrogens with zero attached hydrogens (tertiary/aromatic N) is 2. The molecule has 1 fully saturated rings. The highest BCUT2D eigenvalue weighted by atomic mass is 35.5. The second kappa shape index (κ2) is 11.0. The molecule has 0 bridgehead atoms. The van der Waals surface area contributed by atoms with Gasteiger partial charge in [-0.2, -0.15) is 0 Å². The first kappa shape index (κ1) is 25.9. The van der Waals surface area contributed by atoms with Crippen LogP contribution in [0.1, 0.15) is 46.6 Å². The van der Waals surface area contributed by atoms with E-state index >= 15 is 0 Å². The van der Waals surface area contributed by atoms with Crippen molar-refractivity contribution < 1.29 is 9.21 Å². The molecule has 2 aromatic carbocycles. The Bertz CT molecular complexity index is 1490. The zero-order valence-electron chi connectivity index (χ0n) is 21.5. The molecule has 0 radical (unpaired) electrons. The van der Waals surface area contributed by atoms with Crippen molar-refractivity contribution >= 4 is 40.5 Å². The summed E-state index contributed by atoms with van der Waals surface area (Å²) in [4.78, 5) is 19.5. The van der Waals surface area contributed by atoms with Gasteiger partial charge in [-0.3, -0.25) is 9.78 Å². The number of benzene rings is 2. The molecule has 0 unspecified atom stereocenters. The predicted molar refractivity (Wildman–Crippen MR) is 155 cm³/mol. The summed E-state index contributed by atoms with van der Waals surface area (Å²) >= 11 is 12.1. The van der Waals surface area contributed by atoms with Gasteiger partial charge in [-0.1, -0.05) is 41.9 Å². The number of aromatic nitrogens is 1. The molecular formula is C30H29ClN4O2S. The third-order valence-electron chi connectivity index (χ3n) is 6.82. The first-order valence-corrected chi connectivity index (χ1v) is 13.3. The van der Waals surface area contributed by atoms with Crippen LogP contribution in [-0.4, -0.2) is 27.4 Å². The van der Waals surface area contributed by atoms with Crippen molar-refractivity contribution in [1.29, 1.82) is 0 Å². The number of carbonyl (C=O) groups excluding carboxylic acids is 1. The summed E-state index contributed by atoms with van der Waals surface area (Å²) in [6, 6.07) is 21.1. The molecule has 2 atom stereocenters. The van der Waals surface area contributed by atoms with E-state index < -0.39 is 0 Å². The van der Waals surface area contributed by atoms with Gasteiger partial charge < -0.3 is 20.0 Å². The van der Waals surface area contributed by atoms with Crippen molar-refractivity contribution in [2.75, 3.05) is 11.9 Å². The van der Waals surface area contributed by atoms with Gasteiger partial charge in [0.2, 0.25) is 5.91 Å². The molecule has 1 aliphatic heterocycles. The third kappa shape index (κ3) is 5.44. The molecule has 3 heterocycles. The van der Waals surface area contributed by atoms with E-state index in [0.29, 0.717) is 22.4 Å². The van der Waals surface area contributed by atoms with Gasteiger partial charge in [-0.05, 0) is 86.1 Å². The van der Waals surface area contributed by atoms with Gasteiger partial charge in [0, 0.05) is 35.4 Å². The quantitative estimate of drug-likeness (QED) is 0.246. The van der Waals surface area contributed by atoms with Crippen LogP contribution in [-0.2, 0) is 4.79 Å². The summed E-state index contributed by atoms with van der Waals surface area (Å²) in [6.45, 7) is 6.38. The van der Waals surface area contributed by atoms with Gasteiger partial charge in [0.15, 0.2) is 5.11 Å². The largest absolute Gasteiger partial charge is 0.459 e. The molecule has 0 saturated carbocycles. The molecule has 1 amide bonds. The molecule has 2 aromatic heterocycles. The maximum atomic E-state index is 12.9. The minimum Gasteiger partial charge on any atom is -0.459 e. The Balaban J connectivity index is 1.40. The Morgan fingerprint density at radius 1 is 1.08 bits per heavy atom. The average molecular weight is 545 g/mol. The number of anilines is 1. The third-order valence-corrected chi connectivity index (χ3v) is 7.58. The van der Waals surface area contributed by atoms with E-state index in [0.717, 1.165) is 39.4 Å². The van der Waals surface area contributed by atoms with Crippen LogP contribution < -0.4 is 10.6 Å². The standard InChI is InChI=1S/C30H29ClN4O2S/c1-18-7-8-20(3)24(16-18)33-27(36)13-15-35-29(28(34-30(35)38)23-6-4-5-14-32-23)26-12-11-25(37-26)21-10-9-19(2)22(31)17-21/h4-12,14,16-17,28-29H,13,15H2,1-3H3,(H,33,36)(H,34,38)/t28-,29-/m1/s1. The summed E-state index contributed by atoms with van der Waals surface area (Å²) in [5.41, 5.74) is 5.69. The first-order valence-electron chi connectivity index (χ1n) is 12.5. The number of furan rings is 1. The lowest BCUT2D eigenvalue weighted by molar-refractivity contribution is -0.116. The number of nitrogens with one attached hydrogen (secondary N) is 2. The molecule has 0 spiro atoms. The van der Waals surface area contributed by atoms with Crippen LogP contribution in [0, 0.1) is 20.8 Å². The van der Waals surface area contributed by atoms with Gasteiger partial charge in [-0.15, -0.1) is 0 Å². The van der Waals surface area contributed by atoms with Crippen molar-refractivity contribution in [3.8, 4) is 11.3 Å². The molecule has 2 N–H and O–H groups in total. The maximum absolute atomic E-state index is 12.9. The fourth-order valence-electron chi connectivity index (χ4n) is 4.67.